The second-order valence-corrected chi connectivity index (χ2v) is 4.87. The Morgan fingerprint density at radius 3 is 2.56 bits per heavy atom. The Hall–Kier alpha value is -0.730. The summed E-state index contributed by atoms with van der Waals surface area (Å²) in [5.41, 5.74) is 1.10. The molecule has 1 atom stereocenters. The van der Waals surface area contributed by atoms with Gasteiger partial charge in [0.15, 0.2) is 0 Å². The predicted molar refractivity (Wildman–Crippen MR) is 65.7 cm³/mol. The molecule has 1 saturated heterocycles. The molecule has 0 bridgehead atoms. The van der Waals surface area contributed by atoms with Crippen LogP contribution in [-0.4, -0.2) is 23.2 Å². The number of halogens is 2. The van der Waals surface area contributed by atoms with Gasteiger partial charge in [-0.25, -0.2) is 0 Å². The van der Waals surface area contributed by atoms with Crippen molar-refractivity contribution in [3.63, 3.8) is 0 Å². The Bertz CT molecular complexity index is 377. The van der Waals surface area contributed by atoms with Crippen molar-refractivity contribution < 1.29 is 4.79 Å². The van der Waals surface area contributed by atoms with Crippen molar-refractivity contribution in [1.29, 1.82) is 0 Å². The van der Waals surface area contributed by atoms with Crippen molar-refractivity contribution in [3.8, 4) is 0 Å². The van der Waals surface area contributed by atoms with Crippen LogP contribution in [0.3, 0.4) is 0 Å². The third-order valence-electron chi connectivity index (χ3n) is 2.80. The van der Waals surface area contributed by atoms with E-state index in [-0.39, 0.29) is 5.91 Å². The highest BCUT2D eigenvalue weighted by atomic mass is 35.5. The van der Waals surface area contributed by atoms with Crippen LogP contribution in [0.2, 0.25) is 5.02 Å². The van der Waals surface area contributed by atoms with E-state index < -0.39 is 0 Å². The SMILES string of the molecule is O=C1CC(CCl)CN1Cc1ccc(Cl)cc1. The van der Waals surface area contributed by atoms with E-state index in [0.29, 0.717) is 24.8 Å². The van der Waals surface area contributed by atoms with Crippen molar-refractivity contribution in [3.05, 3.63) is 34.9 Å². The first kappa shape index (κ1) is 11.7. The van der Waals surface area contributed by atoms with Crippen molar-refractivity contribution in [2.24, 2.45) is 5.92 Å². The lowest BCUT2D eigenvalue weighted by molar-refractivity contribution is -0.128. The van der Waals surface area contributed by atoms with E-state index in [0.717, 1.165) is 17.1 Å². The quantitative estimate of drug-likeness (QED) is 0.763. The van der Waals surface area contributed by atoms with Crippen molar-refractivity contribution >= 4 is 29.1 Å². The molecule has 1 aromatic rings. The Morgan fingerprint density at radius 1 is 1.31 bits per heavy atom. The highest BCUT2D eigenvalue weighted by molar-refractivity contribution is 6.30. The van der Waals surface area contributed by atoms with E-state index in [1.807, 2.05) is 29.2 Å². The van der Waals surface area contributed by atoms with Gasteiger partial charge < -0.3 is 4.90 Å². The maximum atomic E-state index is 11.7. The summed E-state index contributed by atoms with van der Waals surface area (Å²) in [4.78, 5) is 13.5. The fraction of sp³-hybridized carbons (Fsp3) is 0.417. The number of hydrogen-bond donors (Lipinski definition) is 0. The largest absolute Gasteiger partial charge is 0.338 e. The Labute approximate surface area is 105 Å². The zero-order valence-corrected chi connectivity index (χ0v) is 10.3. The molecule has 1 aliphatic heterocycles. The standard InChI is InChI=1S/C12H13Cl2NO/c13-6-10-5-12(16)15(8-10)7-9-1-3-11(14)4-2-9/h1-4,10H,5-8H2. The van der Waals surface area contributed by atoms with E-state index in [4.69, 9.17) is 23.2 Å². The van der Waals surface area contributed by atoms with Crippen LogP contribution in [-0.2, 0) is 11.3 Å². The molecule has 0 aromatic heterocycles. The summed E-state index contributed by atoms with van der Waals surface area (Å²) in [5, 5.41) is 0.718. The van der Waals surface area contributed by atoms with E-state index in [2.05, 4.69) is 0 Å². The number of carbonyl (C=O) groups excluding carboxylic acids is 1. The first-order valence-electron chi connectivity index (χ1n) is 5.27. The number of alkyl halides is 1. The van der Waals surface area contributed by atoms with E-state index in [9.17, 15) is 4.79 Å². The summed E-state index contributed by atoms with van der Waals surface area (Å²) in [6.07, 6.45) is 0.580. The molecule has 1 heterocycles. The van der Waals surface area contributed by atoms with Crippen LogP contribution in [0.4, 0.5) is 0 Å². The van der Waals surface area contributed by atoms with Gasteiger partial charge >= 0.3 is 0 Å². The highest BCUT2D eigenvalue weighted by Crippen LogP contribution is 2.21. The molecule has 1 aliphatic rings. The number of amides is 1. The maximum Gasteiger partial charge on any atom is 0.223 e. The fourth-order valence-electron chi connectivity index (χ4n) is 1.92. The topological polar surface area (TPSA) is 20.3 Å². The molecule has 1 amide bonds. The first-order valence-corrected chi connectivity index (χ1v) is 6.18. The Balaban J connectivity index is 2.00. The molecular weight excluding hydrogens is 245 g/mol. The van der Waals surface area contributed by atoms with E-state index >= 15 is 0 Å². The Kier molecular flexibility index (Phi) is 3.72. The summed E-state index contributed by atoms with van der Waals surface area (Å²) < 4.78 is 0. The van der Waals surface area contributed by atoms with Crippen LogP contribution in [0.1, 0.15) is 12.0 Å². The second kappa shape index (κ2) is 5.07. The lowest BCUT2D eigenvalue weighted by Gasteiger charge is -2.16. The van der Waals surface area contributed by atoms with Gasteiger partial charge in [-0.05, 0) is 23.6 Å². The van der Waals surface area contributed by atoms with Gasteiger partial charge in [0.25, 0.3) is 0 Å². The highest BCUT2D eigenvalue weighted by Gasteiger charge is 2.28. The fourth-order valence-corrected chi connectivity index (χ4v) is 2.25. The summed E-state index contributed by atoms with van der Waals surface area (Å²) in [5.74, 6) is 1.06. The molecule has 0 aliphatic carbocycles. The first-order chi connectivity index (χ1) is 7.69. The molecule has 1 unspecified atom stereocenters. The number of benzene rings is 1. The minimum Gasteiger partial charge on any atom is -0.338 e. The predicted octanol–water partition coefficient (Wildman–Crippen LogP) is 2.93. The normalized spacial score (nSPS) is 20.5. The van der Waals surface area contributed by atoms with Gasteiger partial charge in [0, 0.05) is 30.4 Å². The summed E-state index contributed by atoms with van der Waals surface area (Å²) in [7, 11) is 0. The smallest absolute Gasteiger partial charge is 0.223 e. The van der Waals surface area contributed by atoms with Gasteiger partial charge in [-0.1, -0.05) is 23.7 Å². The summed E-state index contributed by atoms with van der Waals surface area (Å²) in [6.45, 7) is 1.42. The molecular formula is C12H13Cl2NO. The number of carbonyl (C=O) groups is 1. The molecule has 1 fully saturated rings. The monoisotopic (exact) mass is 257 g/mol. The molecule has 0 spiro atoms. The van der Waals surface area contributed by atoms with Crippen LogP contribution >= 0.6 is 23.2 Å². The van der Waals surface area contributed by atoms with Gasteiger partial charge in [0.05, 0.1) is 0 Å². The second-order valence-electron chi connectivity index (χ2n) is 4.13. The van der Waals surface area contributed by atoms with Crippen LogP contribution in [0.25, 0.3) is 0 Å². The molecule has 1 aromatic carbocycles. The summed E-state index contributed by atoms with van der Waals surface area (Å²) >= 11 is 11.6. The number of nitrogens with zero attached hydrogens (tertiary/aromatic N) is 1. The zero-order valence-electron chi connectivity index (χ0n) is 8.83. The molecule has 2 nitrogen and oxygen atoms in total. The zero-order chi connectivity index (χ0) is 11.5. The van der Waals surface area contributed by atoms with Crippen LogP contribution in [0.5, 0.6) is 0 Å². The van der Waals surface area contributed by atoms with Crippen LogP contribution in [0, 0.1) is 5.92 Å². The third-order valence-corrected chi connectivity index (χ3v) is 3.49. The van der Waals surface area contributed by atoms with Gasteiger partial charge in [-0.2, -0.15) is 0 Å². The number of rotatable bonds is 3. The van der Waals surface area contributed by atoms with Gasteiger partial charge in [0.1, 0.15) is 0 Å². The maximum absolute atomic E-state index is 11.7. The molecule has 16 heavy (non-hydrogen) atoms. The number of hydrogen-bond acceptors (Lipinski definition) is 1. The summed E-state index contributed by atoms with van der Waals surface area (Å²) in [6, 6.07) is 7.58. The van der Waals surface area contributed by atoms with Crippen LogP contribution < -0.4 is 0 Å². The van der Waals surface area contributed by atoms with E-state index in [1.165, 1.54) is 0 Å². The lowest BCUT2D eigenvalue weighted by atomic mass is 10.1. The number of likely N-dealkylation sites (tertiary alicyclic amines) is 1. The Morgan fingerprint density at radius 2 is 2.00 bits per heavy atom. The lowest BCUT2D eigenvalue weighted by Crippen LogP contribution is -2.24. The van der Waals surface area contributed by atoms with Gasteiger partial charge in [-0.3, -0.25) is 4.79 Å². The van der Waals surface area contributed by atoms with Crippen molar-refractivity contribution in [1.82, 2.24) is 4.90 Å². The molecule has 2 rings (SSSR count). The van der Waals surface area contributed by atoms with Crippen molar-refractivity contribution in [2.45, 2.75) is 13.0 Å². The molecule has 0 saturated carbocycles. The van der Waals surface area contributed by atoms with Crippen LogP contribution in [0.15, 0.2) is 24.3 Å². The van der Waals surface area contributed by atoms with E-state index in [1.54, 1.807) is 0 Å². The molecule has 4 heteroatoms. The minimum absolute atomic E-state index is 0.195. The third kappa shape index (κ3) is 2.69. The van der Waals surface area contributed by atoms with Gasteiger partial charge in [0.2, 0.25) is 5.91 Å². The average molecular weight is 258 g/mol. The van der Waals surface area contributed by atoms with Gasteiger partial charge in [-0.15, -0.1) is 11.6 Å². The molecule has 0 radical (unpaired) electrons. The molecule has 86 valence electrons. The minimum atomic E-state index is 0.195. The van der Waals surface area contributed by atoms with Crippen molar-refractivity contribution in [2.75, 3.05) is 12.4 Å². The molecule has 0 N–H and O–H groups in total. The average Bonchev–Trinajstić information content (AvgIpc) is 2.63.